The lowest BCUT2D eigenvalue weighted by molar-refractivity contribution is -0.117. The Morgan fingerprint density at radius 2 is 2.14 bits per heavy atom. The molecule has 2 aliphatic heterocycles. The summed E-state index contributed by atoms with van der Waals surface area (Å²) in [7, 11) is 0. The third kappa shape index (κ3) is 1.75. The lowest BCUT2D eigenvalue weighted by Crippen LogP contribution is -2.46. The Hall–Kier alpha value is -1.87. The van der Waals surface area contributed by atoms with Gasteiger partial charge in [0.1, 0.15) is 0 Å². The van der Waals surface area contributed by atoms with E-state index < -0.39 is 0 Å². The molecule has 1 saturated heterocycles. The monoisotopic (exact) mass is 292 g/mol. The van der Waals surface area contributed by atoms with Crippen LogP contribution in [0.25, 0.3) is 10.9 Å². The average Bonchev–Trinajstić information content (AvgIpc) is 2.92. The standard InChI is InChI=1S/C19H20N2O/c22-14-6-5-12-10-18-19-16(7-8-21(18)11-13(12)9-14)15-3-1-2-4-17(15)20-19/h1-6,12-13,18,20H,7-11H2/t12-,13+,18-/m0/s1. The van der Waals surface area contributed by atoms with E-state index in [-0.39, 0.29) is 0 Å². The van der Waals surface area contributed by atoms with Crippen molar-refractivity contribution in [2.45, 2.75) is 25.3 Å². The molecule has 1 aromatic heterocycles. The molecule has 2 aromatic rings. The molecular weight excluding hydrogens is 272 g/mol. The molecule has 1 aromatic carbocycles. The van der Waals surface area contributed by atoms with Crippen molar-refractivity contribution in [1.82, 2.24) is 9.88 Å². The van der Waals surface area contributed by atoms with Crippen molar-refractivity contribution in [2.24, 2.45) is 11.8 Å². The first kappa shape index (κ1) is 12.7. The largest absolute Gasteiger partial charge is 0.357 e. The van der Waals surface area contributed by atoms with E-state index in [1.54, 1.807) is 0 Å². The molecule has 3 atom stereocenters. The third-order valence-electron chi connectivity index (χ3n) is 5.83. The molecule has 3 heteroatoms. The van der Waals surface area contributed by atoms with E-state index in [2.05, 4.69) is 40.2 Å². The number of hydrogen-bond donors (Lipinski definition) is 1. The minimum Gasteiger partial charge on any atom is -0.357 e. The molecule has 5 rings (SSSR count). The molecule has 112 valence electrons. The van der Waals surface area contributed by atoms with Crippen molar-refractivity contribution in [3.8, 4) is 0 Å². The number of ketones is 1. The number of piperidine rings is 1. The maximum absolute atomic E-state index is 11.7. The van der Waals surface area contributed by atoms with Gasteiger partial charge in [-0.05, 0) is 42.4 Å². The zero-order chi connectivity index (χ0) is 14.7. The fraction of sp³-hybridized carbons (Fsp3) is 0.421. The molecule has 0 spiro atoms. The highest BCUT2D eigenvalue weighted by Gasteiger charge is 2.40. The van der Waals surface area contributed by atoms with E-state index in [1.807, 2.05) is 6.08 Å². The van der Waals surface area contributed by atoms with Crippen molar-refractivity contribution in [2.75, 3.05) is 13.1 Å². The molecule has 3 aliphatic rings. The van der Waals surface area contributed by atoms with Crippen molar-refractivity contribution in [3.05, 3.63) is 47.7 Å². The van der Waals surface area contributed by atoms with E-state index in [0.29, 0.717) is 23.7 Å². The molecule has 1 N–H and O–H groups in total. The van der Waals surface area contributed by atoms with Crippen molar-refractivity contribution < 1.29 is 4.79 Å². The van der Waals surface area contributed by atoms with Gasteiger partial charge in [0.25, 0.3) is 0 Å². The number of fused-ring (bicyclic) bond motifs is 6. The third-order valence-corrected chi connectivity index (χ3v) is 5.83. The summed E-state index contributed by atoms with van der Waals surface area (Å²) in [6, 6.07) is 9.16. The number of aromatic amines is 1. The quantitative estimate of drug-likeness (QED) is 0.809. The van der Waals surface area contributed by atoms with Gasteiger partial charge in [0.15, 0.2) is 5.78 Å². The second kappa shape index (κ2) is 4.56. The Balaban J connectivity index is 1.57. The van der Waals surface area contributed by atoms with Crippen LogP contribution in [0.5, 0.6) is 0 Å². The smallest absolute Gasteiger partial charge is 0.155 e. The lowest BCUT2D eigenvalue weighted by Gasteiger charge is -2.46. The zero-order valence-electron chi connectivity index (χ0n) is 12.6. The lowest BCUT2D eigenvalue weighted by atomic mass is 9.74. The molecule has 1 fully saturated rings. The Bertz CT molecular complexity index is 788. The van der Waals surface area contributed by atoms with Gasteiger partial charge in [-0.1, -0.05) is 24.3 Å². The molecule has 3 nitrogen and oxygen atoms in total. The molecular formula is C19H20N2O. The van der Waals surface area contributed by atoms with Crippen molar-refractivity contribution in [1.29, 1.82) is 0 Å². The van der Waals surface area contributed by atoms with Crippen LogP contribution in [0.3, 0.4) is 0 Å². The molecule has 0 bridgehead atoms. The molecule has 3 heterocycles. The topological polar surface area (TPSA) is 36.1 Å². The number of aromatic nitrogens is 1. The minimum absolute atomic E-state index is 0.308. The number of allylic oxidation sites excluding steroid dienone is 2. The highest BCUT2D eigenvalue weighted by molar-refractivity contribution is 5.90. The summed E-state index contributed by atoms with van der Waals surface area (Å²) in [5.41, 5.74) is 4.22. The Morgan fingerprint density at radius 3 is 3.09 bits per heavy atom. The highest BCUT2D eigenvalue weighted by atomic mass is 16.1. The predicted octanol–water partition coefficient (Wildman–Crippen LogP) is 3.23. The maximum Gasteiger partial charge on any atom is 0.155 e. The molecule has 22 heavy (non-hydrogen) atoms. The number of H-pyrrole nitrogens is 1. The van der Waals surface area contributed by atoms with Gasteiger partial charge in [-0.2, -0.15) is 0 Å². The van der Waals surface area contributed by atoms with E-state index in [4.69, 9.17) is 0 Å². The summed E-state index contributed by atoms with van der Waals surface area (Å²) in [6.07, 6.45) is 6.99. The van der Waals surface area contributed by atoms with Crippen LogP contribution in [0.2, 0.25) is 0 Å². The molecule has 0 radical (unpaired) electrons. The first-order chi connectivity index (χ1) is 10.8. The maximum atomic E-state index is 11.7. The van der Waals surface area contributed by atoms with Crippen LogP contribution in [0.1, 0.15) is 30.1 Å². The Kier molecular flexibility index (Phi) is 2.62. The fourth-order valence-corrected chi connectivity index (χ4v) is 4.75. The number of para-hydroxylation sites is 1. The molecule has 0 unspecified atom stereocenters. The van der Waals surface area contributed by atoms with Crippen LogP contribution in [0.15, 0.2) is 36.4 Å². The zero-order valence-corrected chi connectivity index (χ0v) is 12.6. The van der Waals surface area contributed by atoms with Gasteiger partial charge in [-0.3, -0.25) is 9.69 Å². The van der Waals surface area contributed by atoms with E-state index in [0.717, 1.165) is 32.4 Å². The van der Waals surface area contributed by atoms with Crippen LogP contribution in [0.4, 0.5) is 0 Å². The van der Waals surface area contributed by atoms with Gasteiger partial charge in [0.2, 0.25) is 0 Å². The van der Waals surface area contributed by atoms with Gasteiger partial charge in [0.05, 0.1) is 6.04 Å². The number of carbonyl (C=O) groups is 1. The Morgan fingerprint density at radius 1 is 1.23 bits per heavy atom. The fourth-order valence-electron chi connectivity index (χ4n) is 4.75. The number of nitrogens with one attached hydrogen (secondary N) is 1. The predicted molar refractivity (Wildman–Crippen MR) is 86.7 cm³/mol. The summed E-state index contributed by atoms with van der Waals surface area (Å²) in [6.45, 7) is 2.20. The number of carbonyl (C=O) groups excluding carboxylic acids is 1. The second-order valence-corrected chi connectivity index (χ2v) is 7.01. The summed E-state index contributed by atoms with van der Waals surface area (Å²) in [5.74, 6) is 1.40. The SMILES string of the molecule is O=C1C=C[C@H]2C[C@H]3c4[nH]c5ccccc5c4CCN3C[C@H]2C1. The summed E-state index contributed by atoms with van der Waals surface area (Å²) >= 11 is 0. The average molecular weight is 292 g/mol. The van der Waals surface area contributed by atoms with Crippen LogP contribution in [-0.2, 0) is 11.2 Å². The first-order valence-electron chi connectivity index (χ1n) is 8.34. The van der Waals surface area contributed by atoms with Gasteiger partial charge >= 0.3 is 0 Å². The van der Waals surface area contributed by atoms with Crippen LogP contribution in [-0.4, -0.2) is 28.8 Å². The van der Waals surface area contributed by atoms with Crippen LogP contribution >= 0.6 is 0 Å². The van der Waals surface area contributed by atoms with Crippen LogP contribution < -0.4 is 0 Å². The number of nitrogens with zero attached hydrogens (tertiary/aromatic N) is 1. The molecule has 0 saturated carbocycles. The summed E-state index contributed by atoms with van der Waals surface area (Å²) < 4.78 is 0. The number of benzene rings is 1. The number of rotatable bonds is 0. The van der Waals surface area contributed by atoms with Crippen molar-refractivity contribution >= 4 is 16.7 Å². The van der Waals surface area contributed by atoms with Gasteiger partial charge < -0.3 is 4.98 Å². The molecule has 0 amide bonds. The van der Waals surface area contributed by atoms with E-state index in [1.165, 1.54) is 22.2 Å². The highest BCUT2D eigenvalue weighted by Crippen LogP contribution is 2.44. The summed E-state index contributed by atoms with van der Waals surface area (Å²) in [4.78, 5) is 18.0. The summed E-state index contributed by atoms with van der Waals surface area (Å²) in [5, 5.41) is 1.40. The number of hydrogen-bond acceptors (Lipinski definition) is 2. The van der Waals surface area contributed by atoms with E-state index >= 15 is 0 Å². The van der Waals surface area contributed by atoms with Gasteiger partial charge in [-0.15, -0.1) is 0 Å². The minimum atomic E-state index is 0.308. The normalized spacial score (nSPS) is 30.9. The Labute approximate surface area is 130 Å². The van der Waals surface area contributed by atoms with Gasteiger partial charge in [-0.25, -0.2) is 0 Å². The second-order valence-electron chi connectivity index (χ2n) is 7.01. The first-order valence-corrected chi connectivity index (χ1v) is 8.34. The van der Waals surface area contributed by atoms with Crippen LogP contribution in [0, 0.1) is 11.8 Å². The van der Waals surface area contributed by atoms with Crippen molar-refractivity contribution in [3.63, 3.8) is 0 Å². The van der Waals surface area contributed by atoms with Gasteiger partial charge in [0, 0.05) is 36.1 Å². The molecule has 1 aliphatic carbocycles. The van der Waals surface area contributed by atoms with E-state index in [9.17, 15) is 4.79 Å².